The molecule has 0 radical (unpaired) electrons. The van der Waals surface area contributed by atoms with Crippen LogP contribution in [0.3, 0.4) is 0 Å². The molecule has 0 saturated carbocycles. The molecule has 6 unspecified atom stereocenters. The lowest BCUT2D eigenvalue weighted by Crippen LogP contribution is -2.43. The Hall–Kier alpha value is -1.39. The van der Waals surface area contributed by atoms with Crippen LogP contribution in [0.2, 0.25) is 0 Å². The molecule has 2 aliphatic rings. The molecule has 12 nitrogen and oxygen atoms in total. The molecule has 2 bridgehead atoms. The van der Waals surface area contributed by atoms with Gasteiger partial charge in [-0.3, -0.25) is 28.0 Å². The van der Waals surface area contributed by atoms with Crippen LogP contribution in [0.4, 0.5) is 0 Å². The Morgan fingerprint density at radius 1 is 1.55 bits per heavy atom. The van der Waals surface area contributed by atoms with Gasteiger partial charge in [-0.2, -0.15) is 0 Å². The zero-order valence-corrected chi connectivity index (χ0v) is 18.1. The van der Waals surface area contributed by atoms with Crippen molar-refractivity contribution in [3.63, 3.8) is 0 Å². The number of carbonyl (C=O) groups excluding carboxylic acids is 1. The molecule has 14 heteroatoms. The molecular weight excluding hydrogens is 428 g/mol. The van der Waals surface area contributed by atoms with E-state index in [0.29, 0.717) is 12.0 Å². The first-order valence-corrected chi connectivity index (χ1v) is 10.7. The van der Waals surface area contributed by atoms with Crippen molar-refractivity contribution in [2.24, 2.45) is 0 Å². The normalized spacial score (nSPS) is 28.8. The highest BCUT2D eigenvalue weighted by molar-refractivity contribution is 7.55. The highest BCUT2D eigenvalue weighted by Gasteiger charge is 2.55. The fourth-order valence-corrected chi connectivity index (χ4v) is 4.80. The van der Waals surface area contributed by atoms with E-state index in [2.05, 4.69) is 14.8 Å². The molecule has 162 valence electrons. The van der Waals surface area contributed by atoms with Crippen LogP contribution in [-0.2, 0) is 32.4 Å². The third-order valence-corrected chi connectivity index (χ3v) is 7.07. The van der Waals surface area contributed by atoms with Gasteiger partial charge in [0.1, 0.15) is 17.7 Å². The Labute approximate surface area is 168 Å². The van der Waals surface area contributed by atoms with Crippen molar-refractivity contribution in [3.8, 4) is 0 Å². The number of nitrogens with zero attached hydrogens (tertiary/aromatic N) is 1. The van der Waals surface area contributed by atoms with E-state index < -0.39 is 48.9 Å². The quantitative estimate of drug-likeness (QED) is 0.408. The van der Waals surface area contributed by atoms with E-state index in [-0.39, 0.29) is 13.2 Å². The summed E-state index contributed by atoms with van der Waals surface area (Å²) in [6, 6.07) is -0.934. The molecule has 6 atom stereocenters. The minimum absolute atomic E-state index is 0.161. The standard InChI is InChI=1S/C15H23N3O9P2/c1-8-5-18(14(21)16-11(8)19)12-10-4-15(26-12,6-24-10)7-25-29(22,27-28)17-9(2)13(20)23-3/h5,9-10,12H,4,6-7,28H2,1-3H3,(H,17,22)(H,16,19,21). The van der Waals surface area contributed by atoms with Crippen molar-refractivity contribution in [1.29, 1.82) is 0 Å². The molecule has 0 aromatic carbocycles. The molecule has 1 aromatic heterocycles. The Morgan fingerprint density at radius 2 is 2.28 bits per heavy atom. The van der Waals surface area contributed by atoms with Gasteiger partial charge in [0.2, 0.25) is 0 Å². The van der Waals surface area contributed by atoms with Crippen molar-refractivity contribution in [2.75, 3.05) is 20.3 Å². The van der Waals surface area contributed by atoms with Crippen LogP contribution in [0.1, 0.15) is 25.1 Å². The maximum atomic E-state index is 12.8. The van der Waals surface area contributed by atoms with Gasteiger partial charge in [0, 0.05) is 27.6 Å². The van der Waals surface area contributed by atoms with E-state index in [1.54, 1.807) is 6.92 Å². The molecule has 0 aliphatic carbocycles. The van der Waals surface area contributed by atoms with Crippen molar-refractivity contribution >= 4 is 23.2 Å². The van der Waals surface area contributed by atoms with Crippen LogP contribution < -0.4 is 16.3 Å². The lowest BCUT2D eigenvalue weighted by atomic mass is 10.0. The first kappa shape index (κ1) is 22.3. The van der Waals surface area contributed by atoms with Crippen LogP contribution in [0.5, 0.6) is 0 Å². The molecule has 1 aromatic rings. The van der Waals surface area contributed by atoms with Gasteiger partial charge in [-0.1, -0.05) is 0 Å². The number of fused-ring (bicyclic) bond motifs is 2. The third kappa shape index (κ3) is 4.54. The van der Waals surface area contributed by atoms with E-state index in [0.717, 1.165) is 0 Å². The highest BCUT2D eigenvalue weighted by atomic mass is 31.2. The van der Waals surface area contributed by atoms with Crippen molar-refractivity contribution in [2.45, 2.75) is 44.2 Å². The minimum Gasteiger partial charge on any atom is -0.468 e. The first-order valence-electron chi connectivity index (χ1n) is 8.72. The predicted octanol–water partition coefficient (Wildman–Crippen LogP) is -0.0160. The van der Waals surface area contributed by atoms with Crippen LogP contribution in [-0.4, -0.2) is 53.6 Å². The molecule has 2 saturated heterocycles. The number of nitrogens with one attached hydrogen (secondary N) is 2. The lowest BCUT2D eigenvalue weighted by Gasteiger charge is -2.32. The largest absolute Gasteiger partial charge is 0.468 e. The summed E-state index contributed by atoms with van der Waals surface area (Å²) >= 11 is 0. The van der Waals surface area contributed by atoms with E-state index in [9.17, 15) is 18.9 Å². The number of esters is 1. The smallest absolute Gasteiger partial charge is 0.409 e. The molecule has 2 fully saturated rings. The van der Waals surface area contributed by atoms with Crippen LogP contribution in [0.25, 0.3) is 0 Å². The number of aromatic nitrogens is 2. The summed E-state index contributed by atoms with van der Waals surface area (Å²) in [4.78, 5) is 37.5. The zero-order valence-electron chi connectivity index (χ0n) is 16.1. The number of hydrogen-bond donors (Lipinski definition) is 2. The summed E-state index contributed by atoms with van der Waals surface area (Å²) in [5, 5.41) is 2.46. The van der Waals surface area contributed by atoms with Crippen LogP contribution >= 0.6 is 17.2 Å². The van der Waals surface area contributed by atoms with Gasteiger partial charge in [0.25, 0.3) is 5.56 Å². The Morgan fingerprint density at radius 3 is 2.93 bits per heavy atom. The topological polar surface area (TPSA) is 147 Å². The fourth-order valence-electron chi connectivity index (χ4n) is 3.25. The van der Waals surface area contributed by atoms with Crippen LogP contribution in [0.15, 0.2) is 15.8 Å². The molecule has 2 N–H and O–H groups in total. The number of ether oxygens (including phenoxy) is 3. The summed E-state index contributed by atoms with van der Waals surface area (Å²) in [6.45, 7) is 3.01. The summed E-state index contributed by atoms with van der Waals surface area (Å²) in [5.74, 6) is -0.636. The molecule has 0 amide bonds. The van der Waals surface area contributed by atoms with Crippen LogP contribution in [0, 0.1) is 6.92 Å². The second-order valence-corrected chi connectivity index (χ2v) is 9.33. The molecule has 29 heavy (non-hydrogen) atoms. The second-order valence-electron chi connectivity index (χ2n) is 6.97. The number of aromatic amines is 1. The fraction of sp³-hybridized carbons (Fsp3) is 0.667. The number of H-pyrrole nitrogens is 1. The number of methoxy groups -OCH3 is 1. The summed E-state index contributed by atoms with van der Waals surface area (Å²) in [6.07, 6.45) is 0.570. The average Bonchev–Trinajstić information content (AvgIpc) is 3.27. The molecule has 0 spiro atoms. The van der Waals surface area contributed by atoms with Crippen molar-refractivity contribution < 1.29 is 32.4 Å². The average molecular weight is 451 g/mol. The van der Waals surface area contributed by atoms with Gasteiger partial charge in [0.05, 0.1) is 20.3 Å². The molecule has 2 aliphatic heterocycles. The Balaban J connectivity index is 1.72. The van der Waals surface area contributed by atoms with Gasteiger partial charge in [-0.25, -0.2) is 14.4 Å². The van der Waals surface area contributed by atoms with Gasteiger partial charge in [-0.05, 0) is 13.8 Å². The molecule has 3 rings (SSSR count). The zero-order chi connectivity index (χ0) is 21.4. The summed E-state index contributed by atoms with van der Waals surface area (Å²) in [7, 11) is -0.828. The summed E-state index contributed by atoms with van der Waals surface area (Å²) in [5.41, 5.74) is -1.71. The number of carbonyl (C=O) groups is 1. The SMILES string of the molecule is COC(=O)C(C)NP(=O)(OP)OCC12COC(C1)C(n1cc(C)c(=O)[nH]c1=O)O2. The van der Waals surface area contributed by atoms with Gasteiger partial charge < -0.3 is 14.2 Å². The summed E-state index contributed by atoms with van der Waals surface area (Å²) < 4.78 is 40.6. The number of hydrogen-bond acceptors (Lipinski definition) is 9. The van der Waals surface area contributed by atoms with E-state index in [1.807, 2.05) is 9.47 Å². The maximum Gasteiger partial charge on any atom is 0.409 e. The Kier molecular flexibility index (Phi) is 6.45. The monoisotopic (exact) mass is 451 g/mol. The maximum absolute atomic E-state index is 12.8. The first-order chi connectivity index (χ1) is 13.6. The molecule has 3 heterocycles. The van der Waals surface area contributed by atoms with E-state index >= 15 is 0 Å². The van der Waals surface area contributed by atoms with Gasteiger partial charge in [-0.15, -0.1) is 0 Å². The minimum atomic E-state index is -3.87. The predicted molar refractivity (Wildman–Crippen MR) is 102 cm³/mol. The highest BCUT2D eigenvalue weighted by Crippen LogP contribution is 2.51. The number of rotatable bonds is 8. The lowest BCUT2D eigenvalue weighted by molar-refractivity contribution is -0.182. The molecular formula is C15H23N3O9P2. The van der Waals surface area contributed by atoms with Gasteiger partial charge in [0.15, 0.2) is 6.23 Å². The van der Waals surface area contributed by atoms with E-state index in [4.69, 9.17) is 18.3 Å². The Bertz CT molecular complexity index is 948. The van der Waals surface area contributed by atoms with Crippen molar-refractivity contribution in [1.82, 2.24) is 14.6 Å². The third-order valence-electron chi connectivity index (χ3n) is 4.79. The number of aryl methyl sites for hydroxylation is 1. The van der Waals surface area contributed by atoms with E-state index in [1.165, 1.54) is 24.8 Å². The van der Waals surface area contributed by atoms with Crippen molar-refractivity contribution in [3.05, 3.63) is 32.6 Å². The van der Waals surface area contributed by atoms with Gasteiger partial charge >= 0.3 is 19.4 Å². The second kappa shape index (κ2) is 8.39.